The summed E-state index contributed by atoms with van der Waals surface area (Å²) in [5.74, 6) is -1.13. The second kappa shape index (κ2) is 6.03. The summed E-state index contributed by atoms with van der Waals surface area (Å²) >= 11 is 0. The quantitative estimate of drug-likeness (QED) is 0.828. The number of phenols is 1. The highest BCUT2D eigenvalue weighted by Crippen LogP contribution is 2.24. The Hall–Kier alpha value is -1.60. The molecule has 1 atom stereocenters. The SMILES string of the molecule is COC(=O)c1cc(S(=O)(=O)NC(C)C(C)(C)C)ccc1O. The van der Waals surface area contributed by atoms with Crippen LogP contribution in [0.3, 0.4) is 0 Å². The fourth-order valence-electron chi connectivity index (χ4n) is 1.43. The molecule has 1 rings (SSSR count). The van der Waals surface area contributed by atoms with E-state index in [2.05, 4.69) is 9.46 Å². The standard InChI is InChI=1S/C14H21NO5S/c1-9(14(2,3)4)15-21(18,19)10-6-7-12(16)11(8-10)13(17)20-5/h6-9,15-16H,1-5H3. The number of aromatic hydroxyl groups is 1. The van der Waals surface area contributed by atoms with Gasteiger partial charge in [-0.15, -0.1) is 0 Å². The van der Waals surface area contributed by atoms with Crippen molar-refractivity contribution in [3.8, 4) is 5.75 Å². The van der Waals surface area contributed by atoms with Crippen LogP contribution < -0.4 is 4.72 Å². The van der Waals surface area contributed by atoms with Gasteiger partial charge in [-0.1, -0.05) is 20.8 Å². The van der Waals surface area contributed by atoms with Crippen LogP contribution in [0.4, 0.5) is 0 Å². The number of hydrogen-bond donors (Lipinski definition) is 2. The third-order valence-electron chi connectivity index (χ3n) is 3.31. The number of hydrogen-bond acceptors (Lipinski definition) is 5. The lowest BCUT2D eigenvalue weighted by molar-refractivity contribution is 0.0597. The summed E-state index contributed by atoms with van der Waals surface area (Å²) in [4.78, 5) is 11.4. The van der Waals surface area contributed by atoms with E-state index in [4.69, 9.17) is 0 Å². The van der Waals surface area contributed by atoms with Gasteiger partial charge in [0.25, 0.3) is 0 Å². The maximum absolute atomic E-state index is 12.3. The van der Waals surface area contributed by atoms with Crippen LogP contribution in [-0.2, 0) is 14.8 Å². The number of methoxy groups -OCH3 is 1. The first-order valence-electron chi connectivity index (χ1n) is 6.42. The lowest BCUT2D eigenvalue weighted by Gasteiger charge is -2.27. The van der Waals surface area contributed by atoms with E-state index in [0.29, 0.717) is 0 Å². The van der Waals surface area contributed by atoms with Gasteiger partial charge in [0, 0.05) is 6.04 Å². The van der Waals surface area contributed by atoms with Gasteiger partial charge < -0.3 is 9.84 Å². The largest absolute Gasteiger partial charge is 0.507 e. The van der Waals surface area contributed by atoms with Gasteiger partial charge in [0.05, 0.1) is 12.0 Å². The van der Waals surface area contributed by atoms with E-state index in [1.165, 1.54) is 6.07 Å². The molecule has 0 amide bonds. The van der Waals surface area contributed by atoms with Crippen molar-refractivity contribution in [2.45, 2.75) is 38.6 Å². The molecule has 0 saturated heterocycles. The zero-order valence-electron chi connectivity index (χ0n) is 12.8. The molecule has 2 N–H and O–H groups in total. The minimum Gasteiger partial charge on any atom is -0.507 e. The van der Waals surface area contributed by atoms with Gasteiger partial charge in [0.2, 0.25) is 10.0 Å². The third-order valence-corrected chi connectivity index (χ3v) is 4.85. The van der Waals surface area contributed by atoms with E-state index >= 15 is 0 Å². The maximum atomic E-state index is 12.3. The van der Waals surface area contributed by atoms with Crippen molar-refractivity contribution >= 4 is 16.0 Å². The first-order valence-corrected chi connectivity index (χ1v) is 7.91. The molecule has 118 valence electrons. The Morgan fingerprint density at radius 1 is 1.33 bits per heavy atom. The number of esters is 1. The summed E-state index contributed by atoms with van der Waals surface area (Å²) in [5, 5.41) is 9.60. The van der Waals surface area contributed by atoms with Crippen LogP contribution in [0.15, 0.2) is 23.1 Å². The summed E-state index contributed by atoms with van der Waals surface area (Å²) in [6.45, 7) is 7.50. The Kier molecular flexibility index (Phi) is 5.01. The van der Waals surface area contributed by atoms with Crippen molar-refractivity contribution in [1.29, 1.82) is 0 Å². The Morgan fingerprint density at radius 3 is 2.38 bits per heavy atom. The van der Waals surface area contributed by atoms with Crippen molar-refractivity contribution < 1.29 is 23.1 Å². The van der Waals surface area contributed by atoms with Gasteiger partial charge in [0.1, 0.15) is 11.3 Å². The molecule has 1 aromatic rings. The van der Waals surface area contributed by atoms with Gasteiger partial charge in [-0.3, -0.25) is 0 Å². The lowest BCUT2D eigenvalue weighted by atomic mass is 9.89. The van der Waals surface area contributed by atoms with Crippen molar-refractivity contribution in [2.24, 2.45) is 5.41 Å². The number of benzene rings is 1. The Balaban J connectivity index is 3.18. The summed E-state index contributed by atoms with van der Waals surface area (Å²) in [6.07, 6.45) is 0. The molecule has 6 nitrogen and oxygen atoms in total. The number of carbonyl (C=O) groups excluding carboxylic acids is 1. The zero-order chi connectivity index (χ0) is 16.4. The molecule has 0 aliphatic rings. The molecule has 0 heterocycles. The molecule has 0 aliphatic heterocycles. The summed E-state index contributed by atoms with van der Waals surface area (Å²) < 4.78 is 31.7. The predicted molar refractivity (Wildman–Crippen MR) is 78.7 cm³/mol. The molecular formula is C14H21NO5S. The van der Waals surface area contributed by atoms with Crippen LogP contribution in [-0.4, -0.2) is 32.6 Å². The van der Waals surface area contributed by atoms with Crippen molar-refractivity contribution in [1.82, 2.24) is 4.72 Å². The number of rotatable bonds is 4. The van der Waals surface area contributed by atoms with Crippen LogP contribution in [0.2, 0.25) is 0 Å². The van der Waals surface area contributed by atoms with Gasteiger partial charge in [-0.2, -0.15) is 0 Å². The molecule has 21 heavy (non-hydrogen) atoms. The normalized spacial score (nSPS) is 13.8. The van der Waals surface area contributed by atoms with E-state index < -0.39 is 16.0 Å². The minimum absolute atomic E-state index is 0.100. The average Bonchev–Trinajstić information content (AvgIpc) is 2.36. The monoisotopic (exact) mass is 315 g/mol. The first-order chi connectivity index (χ1) is 9.49. The van der Waals surface area contributed by atoms with Gasteiger partial charge in [-0.05, 0) is 30.5 Å². The maximum Gasteiger partial charge on any atom is 0.341 e. The molecule has 0 saturated carbocycles. The van der Waals surface area contributed by atoms with Crippen molar-refractivity contribution in [3.05, 3.63) is 23.8 Å². The van der Waals surface area contributed by atoms with Crippen LogP contribution in [0.5, 0.6) is 5.75 Å². The van der Waals surface area contributed by atoms with E-state index in [-0.39, 0.29) is 27.7 Å². The molecule has 0 spiro atoms. The van der Waals surface area contributed by atoms with E-state index in [1.54, 1.807) is 6.92 Å². The highest BCUT2D eigenvalue weighted by atomic mass is 32.2. The fraction of sp³-hybridized carbons (Fsp3) is 0.500. The number of ether oxygens (including phenoxy) is 1. The highest BCUT2D eigenvalue weighted by Gasteiger charge is 2.27. The number of sulfonamides is 1. The van der Waals surface area contributed by atoms with Crippen LogP contribution in [0, 0.1) is 5.41 Å². The highest BCUT2D eigenvalue weighted by molar-refractivity contribution is 7.89. The summed E-state index contributed by atoms with van der Waals surface area (Å²) in [5.41, 5.74) is -0.446. The number of nitrogens with one attached hydrogen (secondary N) is 1. The van der Waals surface area contributed by atoms with Crippen LogP contribution >= 0.6 is 0 Å². The molecule has 1 unspecified atom stereocenters. The summed E-state index contributed by atoms with van der Waals surface area (Å²) in [7, 11) is -2.64. The predicted octanol–water partition coefficient (Wildman–Crippen LogP) is 1.89. The third kappa shape index (κ3) is 4.18. The Bertz CT molecular complexity index is 631. The lowest BCUT2D eigenvalue weighted by Crippen LogP contribution is -2.41. The average molecular weight is 315 g/mol. The van der Waals surface area contributed by atoms with Crippen molar-refractivity contribution in [3.63, 3.8) is 0 Å². The van der Waals surface area contributed by atoms with E-state index in [1.807, 2.05) is 20.8 Å². The van der Waals surface area contributed by atoms with Crippen molar-refractivity contribution in [2.75, 3.05) is 7.11 Å². The molecule has 0 aromatic heterocycles. The Morgan fingerprint density at radius 2 is 1.90 bits per heavy atom. The molecule has 0 fully saturated rings. The van der Waals surface area contributed by atoms with E-state index in [9.17, 15) is 18.3 Å². The fourth-order valence-corrected chi connectivity index (χ4v) is 2.91. The van der Waals surface area contributed by atoms with Crippen LogP contribution in [0.1, 0.15) is 38.1 Å². The molecular weight excluding hydrogens is 294 g/mol. The summed E-state index contributed by atoms with van der Waals surface area (Å²) in [6, 6.07) is 3.18. The second-order valence-corrected chi connectivity index (χ2v) is 7.59. The molecule has 0 radical (unpaired) electrons. The molecule has 7 heteroatoms. The Labute approximate surface area is 125 Å². The van der Waals surface area contributed by atoms with E-state index in [0.717, 1.165) is 19.2 Å². The number of carbonyl (C=O) groups is 1. The minimum atomic E-state index is -3.79. The topological polar surface area (TPSA) is 92.7 Å². The smallest absolute Gasteiger partial charge is 0.341 e. The first kappa shape index (κ1) is 17.5. The molecule has 1 aromatic carbocycles. The van der Waals surface area contributed by atoms with Gasteiger partial charge >= 0.3 is 5.97 Å². The molecule has 0 aliphatic carbocycles. The second-order valence-electron chi connectivity index (χ2n) is 5.88. The van der Waals surface area contributed by atoms with Crippen LogP contribution in [0.25, 0.3) is 0 Å². The van der Waals surface area contributed by atoms with Gasteiger partial charge in [-0.25, -0.2) is 17.9 Å². The zero-order valence-corrected chi connectivity index (χ0v) is 13.6. The molecule has 0 bridgehead atoms. The number of phenolic OH excluding ortho intramolecular Hbond substituents is 1. The van der Waals surface area contributed by atoms with Gasteiger partial charge in [0.15, 0.2) is 0 Å².